The maximum atomic E-state index is 2.74. The lowest BCUT2D eigenvalue weighted by atomic mass is 9.92. The third-order valence-corrected chi connectivity index (χ3v) is 6.42. The van der Waals surface area contributed by atoms with E-state index in [1.807, 2.05) is 0 Å². The summed E-state index contributed by atoms with van der Waals surface area (Å²) in [5.41, 5.74) is 6.19. The summed E-state index contributed by atoms with van der Waals surface area (Å²) in [6.45, 7) is 10.4. The normalized spacial score (nSPS) is 26.6. The maximum Gasteiger partial charge on any atom is 0.0361 e. The van der Waals surface area contributed by atoms with E-state index in [2.05, 4.69) is 86.1 Å². The predicted molar refractivity (Wildman–Crippen MR) is 105 cm³/mol. The van der Waals surface area contributed by atoms with Gasteiger partial charge in [-0.15, -0.1) is 0 Å². The minimum atomic E-state index is 0.243. The summed E-state index contributed by atoms with van der Waals surface area (Å²) in [5.74, 6) is 0.532. The zero-order chi connectivity index (χ0) is 17.6. The molecule has 0 spiro atoms. The van der Waals surface area contributed by atoms with Crippen LogP contribution in [0.25, 0.3) is 0 Å². The molecule has 1 aliphatic heterocycles. The number of piperazine rings is 1. The van der Waals surface area contributed by atoms with Gasteiger partial charge < -0.3 is 0 Å². The lowest BCUT2D eigenvalue weighted by Crippen LogP contribution is -2.58. The highest BCUT2D eigenvalue weighted by molar-refractivity contribution is 5.46. The molecule has 4 rings (SSSR count). The van der Waals surface area contributed by atoms with Crippen LogP contribution in [0.5, 0.6) is 0 Å². The number of hydrogen-bond acceptors (Lipinski definition) is 2. The molecule has 2 aromatic carbocycles. The van der Waals surface area contributed by atoms with Gasteiger partial charge >= 0.3 is 0 Å². The molecule has 2 aliphatic rings. The Balaban J connectivity index is 1.70. The Bertz CT molecular complexity index is 750. The standard InChI is InChI=1S/C23H30N2/c1-17-10-11-19-20(18-8-6-5-7-9-18)15-22(21(19)14-17)25-13-12-24(4)23(2,3)16-25/h5-11,14,20,22H,12-13,15-16H2,1-4H3/t20?,22-/m1/s1. The molecule has 132 valence electrons. The van der Waals surface area contributed by atoms with Gasteiger partial charge in [0, 0.05) is 37.1 Å². The van der Waals surface area contributed by atoms with E-state index in [-0.39, 0.29) is 5.54 Å². The second kappa shape index (κ2) is 6.26. The molecular formula is C23H30N2. The van der Waals surface area contributed by atoms with Gasteiger partial charge in [0.05, 0.1) is 0 Å². The van der Waals surface area contributed by atoms with Crippen molar-refractivity contribution in [3.05, 3.63) is 70.8 Å². The van der Waals surface area contributed by atoms with Crippen LogP contribution in [-0.2, 0) is 0 Å². The van der Waals surface area contributed by atoms with Crippen molar-refractivity contribution in [1.82, 2.24) is 9.80 Å². The molecule has 0 saturated carbocycles. The van der Waals surface area contributed by atoms with E-state index in [0.717, 1.165) is 13.1 Å². The molecule has 0 radical (unpaired) electrons. The van der Waals surface area contributed by atoms with Gasteiger partial charge in [-0.3, -0.25) is 9.80 Å². The number of benzene rings is 2. The first-order valence-electron chi connectivity index (χ1n) is 9.56. The second-order valence-corrected chi connectivity index (χ2v) is 8.55. The van der Waals surface area contributed by atoms with Gasteiger partial charge in [0.1, 0.15) is 0 Å². The lowest BCUT2D eigenvalue weighted by molar-refractivity contribution is 0.0158. The van der Waals surface area contributed by atoms with Crippen molar-refractivity contribution in [2.45, 2.75) is 44.7 Å². The molecule has 25 heavy (non-hydrogen) atoms. The van der Waals surface area contributed by atoms with E-state index in [4.69, 9.17) is 0 Å². The lowest BCUT2D eigenvalue weighted by Gasteiger charge is -2.47. The van der Waals surface area contributed by atoms with Crippen LogP contribution < -0.4 is 0 Å². The summed E-state index contributed by atoms with van der Waals surface area (Å²) in [7, 11) is 2.26. The highest BCUT2D eigenvalue weighted by atomic mass is 15.3. The van der Waals surface area contributed by atoms with Gasteiger partial charge in [-0.25, -0.2) is 0 Å². The molecule has 0 N–H and O–H groups in total. The highest BCUT2D eigenvalue weighted by Crippen LogP contribution is 2.47. The first kappa shape index (κ1) is 16.8. The summed E-state index contributed by atoms with van der Waals surface area (Å²) in [4.78, 5) is 5.24. The van der Waals surface area contributed by atoms with E-state index in [9.17, 15) is 0 Å². The van der Waals surface area contributed by atoms with E-state index >= 15 is 0 Å². The van der Waals surface area contributed by atoms with Crippen LogP contribution in [0.4, 0.5) is 0 Å². The third-order valence-electron chi connectivity index (χ3n) is 6.42. The Labute approximate surface area is 152 Å². The van der Waals surface area contributed by atoms with Crippen molar-refractivity contribution in [3.8, 4) is 0 Å². The number of rotatable bonds is 2. The van der Waals surface area contributed by atoms with Crippen molar-refractivity contribution in [2.24, 2.45) is 0 Å². The van der Waals surface area contributed by atoms with E-state index in [0.29, 0.717) is 12.0 Å². The van der Waals surface area contributed by atoms with Crippen molar-refractivity contribution in [2.75, 3.05) is 26.7 Å². The maximum absolute atomic E-state index is 2.74. The molecule has 1 unspecified atom stereocenters. The molecule has 2 atom stereocenters. The van der Waals surface area contributed by atoms with Crippen LogP contribution in [0.2, 0.25) is 0 Å². The molecular weight excluding hydrogens is 304 g/mol. The summed E-state index contributed by atoms with van der Waals surface area (Å²) < 4.78 is 0. The van der Waals surface area contributed by atoms with E-state index < -0.39 is 0 Å². The van der Waals surface area contributed by atoms with Crippen molar-refractivity contribution < 1.29 is 0 Å². The van der Waals surface area contributed by atoms with E-state index in [1.54, 1.807) is 11.1 Å². The quantitative estimate of drug-likeness (QED) is 0.792. The molecule has 0 aromatic heterocycles. The largest absolute Gasteiger partial charge is 0.299 e. The van der Waals surface area contributed by atoms with Crippen LogP contribution in [0.1, 0.15) is 54.5 Å². The zero-order valence-electron chi connectivity index (χ0n) is 16.0. The second-order valence-electron chi connectivity index (χ2n) is 8.55. The molecule has 2 aromatic rings. The SMILES string of the molecule is Cc1ccc2c(c1)[C@H](N1CCN(C)C(C)(C)C1)CC2c1ccccc1. The first-order chi connectivity index (χ1) is 12.0. The Morgan fingerprint density at radius 3 is 2.44 bits per heavy atom. The van der Waals surface area contributed by atoms with Crippen molar-refractivity contribution in [1.29, 1.82) is 0 Å². The van der Waals surface area contributed by atoms with Gasteiger partial charge in [-0.1, -0.05) is 54.1 Å². The monoisotopic (exact) mass is 334 g/mol. The van der Waals surface area contributed by atoms with Gasteiger partial charge in [0.25, 0.3) is 0 Å². The van der Waals surface area contributed by atoms with E-state index in [1.165, 1.54) is 24.1 Å². The molecule has 0 amide bonds. The van der Waals surface area contributed by atoms with Gasteiger partial charge in [-0.05, 0) is 50.9 Å². The van der Waals surface area contributed by atoms with Gasteiger partial charge in [-0.2, -0.15) is 0 Å². The van der Waals surface area contributed by atoms with Crippen LogP contribution >= 0.6 is 0 Å². The minimum absolute atomic E-state index is 0.243. The fourth-order valence-electron chi connectivity index (χ4n) is 4.67. The highest BCUT2D eigenvalue weighted by Gasteiger charge is 2.40. The Morgan fingerprint density at radius 1 is 0.960 bits per heavy atom. The zero-order valence-corrected chi connectivity index (χ0v) is 16.0. The predicted octanol–water partition coefficient (Wildman–Crippen LogP) is 4.60. The smallest absolute Gasteiger partial charge is 0.0361 e. The van der Waals surface area contributed by atoms with Crippen LogP contribution in [0.15, 0.2) is 48.5 Å². The van der Waals surface area contributed by atoms with Gasteiger partial charge in [0.2, 0.25) is 0 Å². The summed E-state index contributed by atoms with van der Waals surface area (Å²) >= 11 is 0. The number of aryl methyl sites for hydroxylation is 1. The first-order valence-corrected chi connectivity index (χ1v) is 9.56. The fourth-order valence-corrected chi connectivity index (χ4v) is 4.67. The molecule has 1 aliphatic carbocycles. The molecule has 2 heteroatoms. The fraction of sp³-hybridized carbons (Fsp3) is 0.478. The van der Waals surface area contributed by atoms with Gasteiger partial charge in [0.15, 0.2) is 0 Å². The Morgan fingerprint density at radius 2 is 1.72 bits per heavy atom. The number of fused-ring (bicyclic) bond motifs is 1. The minimum Gasteiger partial charge on any atom is -0.299 e. The van der Waals surface area contributed by atoms with Crippen molar-refractivity contribution in [3.63, 3.8) is 0 Å². The third kappa shape index (κ3) is 3.02. The average Bonchev–Trinajstić information content (AvgIpc) is 2.97. The molecule has 2 nitrogen and oxygen atoms in total. The summed E-state index contributed by atoms with van der Waals surface area (Å²) in [5, 5.41) is 0. The average molecular weight is 335 g/mol. The Hall–Kier alpha value is -1.64. The molecule has 1 heterocycles. The number of hydrogen-bond donors (Lipinski definition) is 0. The summed E-state index contributed by atoms with van der Waals surface area (Å²) in [6.07, 6.45) is 1.21. The summed E-state index contributed by atoms with van der Waals surface area (Å²) in [6, 6.07) is 18.7. The van der Waals surface area contributed by atoms with Crippen LogP contribution in [-0.4, -0.2) is 42.0 Å². The molecule has 0 bridgehead atoms. The molecule has 1 saturated heterocycles. The van der Waals surface area contributed by atoms with Crippen LogP contribution in [0.3, 0.4) is 0 Å². The van der Waals surface area contributed by atoms with Crippen LogP contribution in [0, 0.1) is 6.92 Å². The Kier molecular flexibility index (Phi) is 4.21. The topological polar surface area (TPSA) is 6.48 Å². The molecule has 1 fully saturated rings. The van der Waals surface area contributed by atoms with Crippen molar-refractivity contribution >= 4 is 0 Å². The number of nitrogens with zero attached hydrogens (tertiary/aromatic N) is 2. The number of likely N-dealkylation sites (N-methyl/N-ethyl adjacent to an activating group) is 1.